The summed E-state index contributed by atoms with van der Waals surface area (Å²) in [5.41, 5.74) is 7.41. The number of ketones is 1. The zero-order valence-corrected chi connectivity index (χ0v) is 28.5. The van der Waals surface area contributed by atoms with Gasteiger partial charge in [-0.15, -0.1) is 0 Å². The molecule has 0 fully saturated rings. The van der Waals surface area contributed by atoms with Crippen LogP contribution in [0.15, 0.2) is 103 Å². The van der Waals surface area contributed by atoms with Gasteiger partial charge in [0.25, 0.3) is 0 Å². The number of hydrogen-bond donors (Lipinski definition) is 2. The van der Waals surface area contributed by atoms with E-state index in [1.54, 1.807) is 6.20 Å². The van der Waals surface area contributed by atoms with E-state index >= 15 is 0 Å². The predicted octanol–water partition coefficient (Wildman–Crippen LogP) is 7.93. The fourth-order valence-electron chi connectivity index (χ4n) is 6.63. The second-order valence-corrected chi connectivity index (χ2v) is 12.7. The number of nitrogens with zero attached hydrogens (tertiary/aromatic N) is 4. The number of carbonyl (C=O) groups excluding carboxylic acids is 2. The number of likely N-dealkylation sites (N-methyl/N-ethyl adjacent to an activating group) is 1. The summed E-state index contributed by atoms with van der Waals surface area (Å²) in [6.07, 6.45) is 6.32. The van der Waals surface area contributed by atoms with Crippen molar-refractivity contribution >= 4 is 28.9 Å². The van der Waals surface area contributed by atoms with Gasteiger partial charge in [-0.2, -0.15) is 13.2 Å². The van der Waals surface area contributed by atoms with Gasteiger partial charge in [0.1, 0.15) is 11.6 Å². The lowest BCUT2D eigenvalue weighted by molar-refractivity contribution is -0.174. The number of fused-ring (bicyclic) bond motifs is 2. The van der Waals surface area contributed by atoms with E-state index in [9.17, 15) is 31.5 Å². The summed E-state index contributed by atoms with van der Waals surface area (Å²) in [4.78, 5) is 31.4. The van der Waals surface area contributed by atoms with Crippen LogP contribution in [0.25, 0.3) is 5.57 Å². The van der Waals surface area contributed by atoms with Gasteiger partial charge >= 0.3 is 12.1 Å². The molecule has 0 saturated heterocycles. The normalized spacial score (nSPS) is 18.0. The number of anilines is 2. The quantitative estimate of drug-likeness (QED) is 0.155. The summed E-state index contributed by atoms with van der Waals surface area (Å²) in [5.74, 6) is -3.70. The fraction of sp³-hybridized carbons (Fsp3) is 0.231. The highest BCUT2D eigenvalue weighted by Gasteiger charge is 2.40. The Morgan fingerprint density at radius 1 is 0.942 bits per heavy atom. The SMILES string of the molecule is CC(=O)c1c(F)cccc1F.Cc1cccc(C2C(c3ccnc(Nc4ccc5c(c4)CC(NC(=O)C(F)(F)F)CC5)n3)=C3C=CC=CN3N2C)c1. The van der Waals surface area contributed by atoms with Crippen molar-refractivity contribution in [1.82, 2.24) is 25.3 Å². The Bertz CT molecular complexity index is 2090. The van der Waals surface area contributed by atoms with Crippen molar-refractivity contribution in [2.24, 2.45) is 0 Å². The van der Waals surface area contributed by atoms with Gasteiger partial charge in [-0.1, -0.05) is 48.0 Å². The lowest BCUT2D eigenvalue weighted by Crippen LogP contribution is -2.45. The van der Waals surface area contributed by atoms with Crippen LogP contribution in [0.5, 0.6) is 0 Å². The molecule has 4 aromatic rings. The van der Waals surface area contributed by atoms with E-state index < -0.39 is 41.1 Å². The first kappa shape index (κ1) is 36.1. The van der Waals surface area contributed by atoms with Crippen LogP contribution in [-0.2, 0) is 17.6 Å². The van der Waals surface area contributed by atoms with Crippen LogP contribution in [0.3, 0.4) is 0 Å². The Hall–Kier alpha value is -5.69. The molecule has 2 N–H and O–H groups in total. The van der Waals surface area contributed by atoms with Crippen LogP contribution >= 0.6 is 0 Å². The molecule has 13 heteroatoms. The van der Waals surface area contributed by atoms with E-state index in [-0.39, 0.29) is 6.04 Å². The molecule has 2 atom stereocenters. The number of carbonyl (C=O) groups is 2. The van der Waals surface area contributed by atoms with Gasteiger partial charge < -0.3 is 10.6 Å². The van der Waals surface area contributed by atoms with Gasteiger partial charge in [-0.05, 0) is 92.3 Å². The minimum Gasteiger partial charge on any atom is -0.345 e. The molecule has 2 aliphatic heterocycles. The number of nitrogens with one attached hydrogen (secondary N) is 2. The van der Waals surface area contributed by atoms with Gasteiger partial charge in [0, 0.05) is 36.7 Å². The number of halogens is 5. The van der Waals surface area contributed by atoms with Crippen molar-refractivity contribution in [3.05, 3.63) is 148 Å². The van der Waals surface area contributed by atoms with E-state index in [4.69, 9.17) is 4.98 Å². The topological polar surface area (TPSA) is 90.5 Å². The highest BCUT2D eigenvalue weighted by atomic mass is 19.4. The maximum absolute atomic E-state index is 12.8. The third-order valence-electron chi connectivity index (χ3n) is 8.99. The van der Waals surface area contributed by atoms with Crippen LogP contribution in [0, 0.1) is 18.6 Å². The molecular weight excluding hydrogens is 679 g/mol. The molecule has 3 heterocycles. The van der Waals surface area contributed by atoms with Crippen LogP contribution in [0.1, 0.15) is 57.7 Å². The summed E-state index contributed by atoms with van der Waals surface area (Å²) in [6, 6.07) is 18.8. The summed E-state index contributed by atoms with van der Waals surface area (Å²) in [7, 11) is 2.06. The van der Waals surface area contributed by atoms with E-state index in [0.717, 1.165) is 58.4 Å². The highest BCUT2D eigenvalue weighted by Crippen LogP contribution is 2.45. The minimum absolute atomic E-state index is 0.0624. The summed E-state index contributed by atoms with van der Waals surface area (Å²) < 4.78 is 63.5. The standard InChI is InChI=1S/C31H29F3N6O.C8H6F2O/c1-19-6-5-7-21(16-19)28-27(26-8-3-4-15-40(26)39(28)2)25-13-14-35-30(38-25)37-24-12-10-20-9-11-23(17-22(20)18-24)36-29(41)31(32,33)34;1-5(11)8-6(9)3-2-4-7(8)10/h3-8,10,12-16,18,23,28H,9,11,17H2,1-2H3,(H,36,41)(H,35,37,38);2-4H,1H3. The summed E-state index contributed by atoms with van der Waals surface area (Å²) in [6.45, 7) is 3.21. The number of Topliss-reactive ketones (excluding diaryl/α,β-unsaturated/α-hetero) is 1. The first-order valence-corrected chi connectivity index (χ1v) is 16.5. The van der Waals surface area contributed by atoms with Gasteiger partial charge in [0.2, 0.25) is 5.95 Å². The Morgan fingerprint density at radius 3 is 2.38 bits per heavy atom. The molecule has 52 heavy (non-hydrogen) atoms. The maximum atomic E-state index is 12.8. The van der Waals surface area contributed by atoms with Crippen LogP contribution in [-0.4, -0.2) is 50.9 Å². The highest BCUT2D eigenvalue weighted by molar-refractivity contribution is 5.94. The van der Waals surface area contributed by atoms with Gasteiger partial charge in [0.05, 0.1) is 23.0 Å². The van der Waals surface area contributed by atoms with Crippen LogP contribution in [0.2, 0.25) is 0 Å². The summed E-state index contributed by atoms with van der Waals surface area (Å²) >= 11 is 0. The van der Waals surface area contributed by atoms with Gasteiger partial charge in [0.15, 0.2) is 5.78 Å². The third kappa shape index (κ3) is 7.79. The largest absolute Gasteiger partial charge is 0.471 e. The molecule has 2 unspecified atom stereocenters. The van der Waals surface area contributed by atoms with Crippen molar-refractivity contribution in [3.8, 4) is 0 Å². The number of aromatic nitrogens is 2. The molecule has 1 aromatic heterocycles. The van der Waals surface area contributed by atoms with E-state index in [1.807, 2.05) is 42.6 Å². The van der Waals surface area contributed by atoms with Gasteiger partial charge in [-0.3, -0.25) is 14.6 Å². The Kier molecular flexibility index (Phi) is 10.3. The van der Waals surface area contributed by atoms with Crippen molar-refractivity contribution in [2.75, 3.05) is 12.4 Å². The lowest BCUT2D eigenvalue weighted by Gasteiger charge is -2.30. The molecule has 1 aliphatic carbocycles. The molecule has 268 valence electrons. The maximum Gasteiger partial charge on any atom is 0.471 e. The van der Waals surface area contributed by atoms with Crippen LogP contribution in [0.4, 0.5) is 33.6 Å². The Balaban J connectivity index is 0.000000362. The number of rotatable bonds is 6. The smallest absolute Gasteiger partial charge is 0.345 e. The third-order valence-corrected chi connectivity index (χ3v) is 8.99. The molecule has 3 aromatic carbocycles. The number of aryl methyl sites for hydroxylation is 2. The average molecular weight is 715 g/mol. The molecule has 0 radical (unpaired) electrons. The predicted molar refractivity (Wildman–Crippen MR) is 187 cm³/mol. The van der Waals surface area contributed by atoms with E-state index in [2.05, 4.69) is 69.9 Å². The molecule has 8 nitrogen and oxygen atoms in total. The molecule has 0 saturated carbocycles. The molecule has 0 bridgehead atoms. The number of hydrogen-bond acceptors (Lipinski definition) is 7. The van der Waals surface area contributed by atoms with E-state index in [0.29, 0.717) is 25.2 Å². The summed E-state index contributed by atoms with van der Waals surface area (Å²) in [5, 5.41) is 9.70. The van der Waals surface area contributed by atoms with Crippen molar-refractivity contribution in [2.45, 2.75) is 51.4 Å². The average Bonchev–Trinajstić information content (AvgIpc) is 3.40. The zero-order valence-electron chi connectivity index (χ0n) is 28.5. The second-order valence-electron chi connectivity index (χ2n) is 12.7. The zero-order chi connectivity index (χ0) is 37.2. The van der Waals surface area contributed by atoms with Crippen molar-refractivity contribution in [1.29, 1.82) is 0 Å². The minimum atomic E-state index is -4.89. The number of alkyl halides is 3. The molecule has 7 rings (SSSR count). The number of amides is 1. The molecule has 1 amide bonds. The first-order chi connectivity index (χ1) is 24.8. The number of hydrazine groups is 1. The number of allylic oxidation sites excluding steroid dienone is 3. The van der Waals surface area contributed by atoms with Gasteiger partial charge in [-0.25, -0.2) is 23.8 Å². The molecule has 3 aliphatic rings. The first-order valence-electron chi connectivity index (χ1n) is 16.5. The Morgan fingerprint density at radius 2 is 1.69 bits per heavy atom. The Labute approximate surface area is 297 Å². The van der Waals surface area contributed by atoms with E-state index in [1.165, 1.54) is 11.6 Å². The van der Waals surface area contributed by atoms with Crippen molar-refractivity contribution in [3.63, 3.8) is 0 Å². The lowest BCUT2D eigenvalue weighted by atomic mass is 9.88. The van der Waals surface area contributed by atoms with Crippen molar-refractivity contribution < 1.29 is 31.5 Å². The van der Waals surface area contributed by atoms with Crippen LogP contribution < -0.4 is 10.6 Å². The monoisotopic (exact) mass is 714 g/mol. The second kappa shape index (κ2) is 14.9. The molecule has 0 spiro atoms. The fourth-order valence-corrected chi connectivity index (χ4v) is 6.63. The molecular formula is C39H35F5N6O2. The number of benzene rings is 3.